The van der Waals surface area contributed by atoms with Crippen LogP contribution in [0.1, 0.15) is 40.0 Å². The molecule has 5 unspecified atom stereocenters. The molecule has 0 aromatic rings. The van der Waals surface area contributed by atoms with Crippen LogP contribution < -0.4 is 0 Å². The van der Waals surface area contributed by atoms with E-state index in [0.29, 0.717) is 22.5 Å². The summed E-state index contributed by atoms with van der Waals surface area (Å²) in [6.45, 7) is 11.4. The topological polar surface area (TPSA) is 17.1 Å². The van der Waals surface area contributed by atoms with Gasteiger partial charge >= 0.3 is 0 Å². The number of rotatable bonds is 0. The van der Waals surface area contributed by atoms with Gasteiger partial charge in [0.15, 0.2) is 5.78 Å². The van der Waals surface area contributed by atoms with Crippen molar-refractivity contribution in [3.8, 4) is 0 Å². The second-order valence-corrected chi connectivity index (χ2v) is 7.39. The van der Waals surface area contributed by atoms with E-state index in [2.05, 4.69) is 27.4 Å². The molecule has 0 N–H and O–H groups in total. The SMILES string of the molecule is C=C1C(=O)CC2C3(C)CCC4C(C4(C)C)C123. The molecule has 0 amide bonds. The molecule has 4 aliphatic carbocycles. The highest BCUT2D eigenvalue weighted by Crippen LogP contribution is 2.92. The minimum absolute atomic E-state index is 0.247. The van der Waals surface area contributed by atoms with Crippen molar-refractivity contribution in [1.29, 1.82) is 0 Å². The molecular formula is C15H20O. The number of hydrogen-bond acceptors (Lipinski definition) is 1. The zero-order valence-corrected chi connectivity index (χ0v) is 10.5. The number of ketones is 1. The van der Waals surface area contributed by atoms with Gasteiger partial charge in [0, 0.05) is 11.8 Å². The fraction of sp³-hybridized carbons (Fsp3) is 0.800. The Kier molecular flexibility index (Phi) is 1.22. The summed E-state index contributed by atoms with van der Waals surface area (Å²) >= 11 is 0. The van der Waals surface area contributed by atoms with Crippen molar-refractivity contribution in [2.24, 2.45) is 34.0 Å². The molecule has 4 rings (SSSR count). The Bertz CT molecular complexity index is 446. The van der Waals surface area contributed by atoms with Gasteiger partial charge in [-0.2, -0.15) is 0 Å². The Labute approximate surface area is 97.3 Å². The van der Waals surface area contributed by atoms with Crippen LogP contribution in [-0.4, -0.2) is 5.78 Å². The summed E-state index contributed by atoms with van der Waals surface area (Å²) in [4.78, 5) is 11.9. The first-order valence-electron chi connectivity index (χ1n) is 6.61. The van der Waals surface area contributed by atoms with Crippen LogP contribution in [0.5, 0.6) is 0 Å². The van der Waals surface area contributed by atoms with Gasteiger partial charge in [-0.15, -0.1) is 0 Å². The van der Waals surface area contributed by atoms with Crippen LogP contribution in [0, 0.1) is 34.0 Å². The largest absolute Gasteiger partial charge is 0.295 e. The van der Waals surface area contributed by atoms with E-state index in [1.54, 1.807) is 0 Å². The first-order valence-corrected chi connectivity index (χ1v) is 6.61. The molecule has 0 aromatic heterocycles. The number of fused-ring (bicyclic) bond motifs is 2. The minimum Gasteiger partial charge on any atom is -0.295 e. The molecular weight excluding hydrogens is 196 g/mol. The van der Waals surface area contributed by atoms with Crippen molar-refractivity contribution in [3.05, 3.63) is 12.2 Å². The Hall–Kier alpha value is -0.590. The third-order valence-corrected chi connectivity index (χ3v) is 6.92. The Balaban J connectivity index is 1.88. The van der Waals surface area contributed by atoms with E-state index in [-0.39, 0.29) is 5.41 Å². The van der Waals surface area contributed by atoms with Crippen LogP contribution in [0.2, 0.25) is 0 Å². The van der Waals surface area contributed by atoms with E-state index in [1.165, 1.54) is 12.8 Å². The molecule has 1 nitrogen and oxygen atoms in total. The molecule has 0 aromatic carbocycles. The van der Waals surface area contributed by atoms with Crippen molar-refractivity contribution >= 4 is 5.78 Å². The van der Waals surface area contributed by atoms with Crippen molar-refractivity contribution in [1.82, 2.24) is 0 Å². The second kappa shape index (κ2) is 2.07. The third-order valence-electron chi connectivity index (χ3n) is 6.92. The number of Topliss-reactive ketones (excluding diaryl/α,β-unsaturated/α-hetero) is 1. The van der Waals surface area contributed by atoms with E-state index < -0.39 is 0 Å². The minimum atomic E-state index is 0.247. The van der Waals surface area contributed by atoms with Crippen LogP contribution >= 0.6 is 0 Å². The summed E-state index contributed by atoms with van der Waals surface area (Å²) in [7, 11) is 0. The molecule has 0 aliphatic heterocycles. The van der Waals surface area contributed by atoms with E-state index in [4.69, 9.17) is 0 Å². The number of hydrogen-bond donors (Lipinski definition) is 0. The van der Waals surface area contributed by atoms with Crippen LogP contribution in [0.3, 0.4) is 0 Å². The molecule has 0 radical (unpaired) electrons. The summed E-state index contributed by atoms with van der Waals surface area (Å²) in [5.74, 6) is 2.65. The molecule has 1 heteroatoms. The smallest absolute Gasteiger partial charge is 0.159 e. The molecule has 86 valence electrons. The quantitative estimate of drug-likeness (QED) is 0.568. The molecule has 0 bridgehead atoms. The van der Waals surface area contributed by atoms with Gasteiger partial charge < -0.3 is 0 Å². The summed E-state index contributed by atoms with van der Waals surface area (Å²) < 4.78 is 0. The zero-order valence-electron chi connectivity index (χ0n) is 10.5. The molecule has 4 aliphatic rings. The Morgan fingerprint density at radius 3 is 2.69 bits per heavy atom. The standard InChI is InChI=1S/C15H20O/c1-8-10(16)7-11-14(4)6-5-9-12(13(9,2)3)15(8,11)14/h9,11-12H,1,5-7H2,2-4H3. The molecule has 4 fully saturated rings. The lowest BCUT2D eigenvalue weighted by Gasteiger charge is -2.28. The molecule has 1 spiro atoms. The second-order valence-electron chi connectivity index (χ2n) is 7.39. The van der Waals surface area contributed by atoms with Crippen LogP contribution in [0.25, 0.3) is 0 Å². The van der Waals surface area contributed by atoms with Crippen molar-refractivity contribution < 1.29 is 4.79 Å². The lowest BCUT2D eigenvalue weighted by atomic mass is 9.75. The third kappa shape index (κ3) is 0.605. The maximum Gasteiger partial charge on any atom is 0.159 e. The van der Waals surface area contributed by atoms with E-state index in [0.717, 1.165) is 23.8 Å². The van der Waals surface area contributed by atoms with Crippen LogP contribution in [-0.2, 0) is 4.79 Å². The monoisotopic (exact) mass is 216 g/mol. The van der Waals surface area contributed by atoms with E-state index >= 15 is 0 Å². The summed E-state index contributed by atoms with van der Waals surface area (Å²) in [5, 5.41) is 0. The molecule has 16 heavy (non-hydrogen) atoms. The normalized spacial score (nSPS) is 60.1. The highest BCUT2D eigenvalue weighted by atomic mass is 16.1. The molecule has 0 heterocycles. The van der Waals surface area contributed by atoms with E-state index in [9.17, 15) is 4.79 Å². The van der Waals surface area contributed by atoms with Crippen LogP contribution in [0.4, 0.5) is 0 Å². The first-order chi connectivity index (χ1) is 7.38. The lowest BCUT2D eigenvalue weighted by Crippen LogP contribution is -2.24. The number of carbonyl (C=O) groups excluding carboxylic acids is 1. The van der Waals surface area contributed by atoms with Crippen molar-refractivity contribution in [2.75, 3.05) is 0 Å². The van der Waals surface area contributed by atoms with Crippen LogP contribution in [0.15, 0.2) is 12.2 Å². The zero-order chi connectivity index (χ0) is 11.5. The highest BCUT2D eigenvalue weighted by Gasteiger charge is 2.89. The number of carbonyl (C=O) groups is 1. The fourth-order valence-corrected chi connectivity index (χ4v) is 6.07. The fourth-order valence-electron chi connectivity index (χ4n) is 6.07. The van der Waals surface area contributed by atoms with Gasteiger partial charge in [0.25, 0.3) is 0 Å². The van der Waals surface area contributed by atoms with Crippen molar-refractivity contribution in [2.45, 2.75) is 40.0 Å². The summed E-state index contributed by atoms with van der Waals surface area (Å²) in [5.41, 5.74) is 2.16. The van der Waals surface area contributed by atoms with Gasteiger partial charge in [-0.3, -0.25) is 4.79 Å². The molecule has 0 saturated heterocycles. The maximum atomic E-state index is 11.9. The predicted octanol–water partition coefficient (Wildman–Crippen LogP) is 3.20. The Morgan fingerprint density at radius 1 is 1.31 bits per heavy atom. The first kappa shape index (κ1) is 9.44. The molecule has 4 saturated carbocycles. The lowest BCUT2D eigenvalue weighted by molar-refractivity contribution is -0.115. The van der Waals surface area contributed by atoms with Gasteiger partial charge in [-0.1, -0.05) is 27.4 Å². The van der Waals surface area contributed by atoms with Gasteiger partial charge in [0.2, 0.25) is 0 Å². The average molecular weight is 216 g/mol. The van der Waals surface area contributed by atoms with Gasteiger partial charge in [-0.05, 0) is 47.0 Å². The van der Waals surface area contributed by atoms with Gasteiger partial charge in [-0.25, -0.2) is 0 Å². The van der Waals surface area contributed by atoms with Crippen molar-refractivity contribution in [3.63, 3.8) is 0 Å². The summed E-state index contributed by atoms with van der Waals surface area (Å²) in [6.07, 6.45) is 3.51. The Morgan fingerprint density at radius 2 is 2.00 bits per heavy atom. The number of allylic oxidation sites excluding steroid dienone is 1. The average Bonchev–Trinajstić information content (AvgIpc) is 2.91. The van der Waals surface area contributed by atoms with E-state index in [1.807, 2.05) is 0 Å². The molecule has 5 atom stereocenters. The maximum absolute atomic E-state index is 11.9. The van der Waals surface area contributed by atoms with Gasteiger partial charge in [0.1, 0.15) is 0 Å². The summed E-state index contributed by atoms with van der Waals surface area (Å²) in [6, 6.07) is 0. The van der Waals surface area contributed by atoms with Gasteiger partial charge in [0.05, 0.1) is 0 Å². The predicted molar refractivity (Wildman–Crippen MR) is 62.8 cm³/mol. The highest BCUT2D eigenvalue weighted by molar-refractivity contribution is 6.02.